The molecule has 53 valence electrons. The first-order chi connectivity index (χ1) is 5.29. The Morgan fingerprint density at radius 2 is 2.00 bits per heavy atom. The van der Waals surface area contributed by atoms with Gasteiger partial charge in [-0.05, 0) is 5.56 Å². The van der Waals surface area contributed by atoms with Gasteiger partial charge in [0.2, 0.25) is 5.78 Å². The number of ketones is 1. The SMILES string of the molecule is [N]=C1Cc2ccccc2C1=O. The van der Waals surface area contributed by atoms with Crippen LogP contribution in [0.2, 0.25) is 0 Å². The maximum Gasteiger partial charge on any atom is 0.209 e. The van der Waals surface area contributed by atoms with Crippen molar-refractivity contribution in [3.05, 3.63) is 35.4 Å². The van der Waals surface area contributed by atoms with Gasteiger partial charge in [0.05, 0.1) is 0 Å². The van der Waals surface area contributed by atoms with Gasteiger partial charge in [0.25, 0.3) is 0 Å². The molecule has 1 aromatic rings. The van der Waals surface area contributed by atoms with Crippen molar-refractivity contribution in [3.8, 4) is 0 Å². The van der Waals surface area contributed by atoms with Crippen molar-refractivity contribution in [1.82, 2.24) is 5.41 Å². The summed E-state index contributed by atoms with van der Waals surface area (Å²) in [5.74, 6) is -0.222. The van der Waals surface area contributed by atoms with E-state index in [1.54, 1.807) is 12.1 Å². The third-order valence-corrected chi connectivity index (χ3v) is 1.88. The summed E-state index contributed by atoms with van der Waals surface area (Å²) in [5, 5.41) is 9.09. The first kappa shape index (κ1) is 6.28. The van der Waals surface area contributed by atoms with E-state index in [-0.39, 0.29) is 11.5 Å². The number of hydrogen-bond acceptors (Lipinski definition) is 1. The van der Waals surface area contributed by atoms with Crippen molar-refractivity contribution in [3.63, 3.8) is 0 Å². The molecule has 2 rings (SSSR count). The molecule has 1 aromatic carbocycles. The van der Waals surface area contributed by atoms with Crippen molar-refractivity contribution >= 4 is 11.5 Å². The molecule has 0 fully saturated rings. The third kappa shape index (κ3) is 0.792. The predicted octanol–water partition coefficient (Wildman–Crippen LogP) is 0.667. The van der Waals surface area contributed by atoms with E-state index in [4.69, 9.17) is 5.41 Å². The fourth-order valence-electron chi connectivity index (χ4n) is 1.31. The second-order valence-corrected chi connectivity index (χ2v) is 2.61. The number of hydrogen-bond donors (Lipinski definition) is 0. The van der Waals surface area contributed by atoms with Gasteiger partial charge in [-0.25, -0.2) is 0 Å². The average molecular weight is 144 g/mol. The van der Waals surface area contributed by atoms with E-state index in [1.165, 1.54) is 0 Å². The summed E-state index contributed by atoms with van der Waals surface area (Å²) in [4.78, 5) is 11.1. The highest BCUT2D eigenvalue weighted by molar-refractivity contribution is 6.48. The summed E-state index contributed by atoms with van der Waals surface area (Å²) in [6, 6.07) is 7.26. The molecule has 0 heterocycles. The van der Waals surface area contributed by atoms with E-state index >= 15 is 0 Å². The van der Waals surface area contributed by atoms with Gasteiger partial charge in [-0.2, -0.15) is 5.41 Å². The van der Waals surface area contributed by atoms with Crippen molar-refractivity contribution in [1.29, 1.82) is 0 Å². The molecular weight excluding hydrogens is 138 g/mol. The summed E-state index contributed by atoms with van der Waals surface area (Å²) >= 11 is 0. The van der Waals surface area contributed by atoms with Crippen LogP contribution in [-0.4, -0.2) is 11.5 Å². The Bertz CT molecular complexity index is 341. The van der Waals surface area contributed by atoms with Gasteiger partial charge >= 0.3 is 0 Å². The Kier molecular flexibility index (Phi) is 1.15. The highest BCUT2D eigenvalue weighted by atomic mass is 16.1. The van der Waals surface area contributed by atoms with E-state index in [2.05, 4.69) is 0 Å². The second kappa shape index (κ2) is 2.02. The number of carbonyl (C=O) groups excluding carboxylic acids is 1. The Labute approximate surface area is 64.4 Å². The first-order valence-electron chi connectivity index (χ1n) is 3.46. The standard InChI is InChI=1S/C9H6NO/c10-8-5-6-3-1-2-4-7(6)9(8)11/h1-4H,5H2. The second-order valence-electron chi connectivity index (χ2n) is 2.61. The molecule has 0 N–H and O–H groups in total. The van der Waals surface area contributed by atoms with E-state index in [0.717, 1.165) is 5.56 Å². The number of carbonyl (C=O) groups is 1. The van der Waals surface area contributed by atoms with E-state index in [1.807, 2.05) is 12.1 Å². The molecular formula is C9H6NO. The minimum Gasteiger partial charge on any atom is -0.287 e. The largest absolute Gasteiger partial charge is 0.287 e. The zero-order valence-corrected chi connectivity index (χ0v) is 5.87. The molecule has 1 radical (unpaired) electrons. The molecule has 0 bridgehead atoms. The summed E-state index contributed by atoms with van der Waals surface area (Å²) < 4.78 is 0. The van der Waals surface area contributed by atoms with Crippen molar-refractivity contribution in [2.75, 3.05) is 0 Å². The molecule has 0 unspecified atom stereocenters. The molecule has 0 saturated carbocycles. The Morgan fingerprint density at radius 3 is 2.73 bits per heavy atom. The van der Waals surface area contributed by atoms with Crippen LogP contribution in [0.1, 0.15) is 15.9 Å². The Morgan fingerprint density at radius 1 is 1.27 bits per heavy atom. The fraction of sp³-hybridized carbons (Fsp3) is 0.111. The highest BCUT2D eigenvalue weighted by Gasteiger charge is 2.24. The number of benzene rings is 1. The van der Waals surface area contributed by atoms with Gasteiger partial charge in [-0.3, -0.25) is 4.79 Å². The maximum absolute atomic E-state index is 11.1. The van der Waals surface area contributed by atoms with E-state index in [9.17, 15) is 4.79 Å². The molecule has 0 saturated heterocycles. The Balaban J connectivity index is 2.64. The maximum atomic E-state index is 11.1. The average Bonchev–Trinajstić information content (AvgIpc) is 2.30. The van der Waals surface area contributed by atoms with Gasteiger partial charge < -0.3 is 0 Å². The molecule has 1 aliphatic carbocycles. The van der Waals surface area contributed by atoms with Gasteiger partial charge in [0.15, 0.2) is 0 Å². The summed E-state index contributed by atoms with van der Waals surface area (Å²) in [6.07, 6.45) is 0.398. The number of rotatable bonds is 0. The van der Waals surface area contributed by atoms with Crippen LogP contribution in [0.3, 0.4) is 0 Å². The molecule has 0 amide bonds. The number of nitrogens with zero attached hydrogens (tertiary/aromatic N) is 1. The summed E-state index contributed by atoms with van der Waals surface area (Å²) in [6.45, 7) is 0. The Hall–Kier alpha value is -1.44. The minimum atomic E-state index is -0.222. The van der Waals surface area contributed by atoms with Crippen LogP contribution >= 0.6 is 0 Å². The van der Waals surface area contributed by atoms with Crippen LogP contribution in [0.15, 0.2) is 24.3 Å². The lowest BCUT2D eigenvalue weighted by atomic mass is 10.1. The number of Topliss-reactive ketones (excluding diaryl/α,β-unsaturated/α-hetero) is 1. The fourth-order valence-corrected chi connectivity index (χ4v) is 1.31. The molecule has 0 aliphatic heterocycles. The predicted molar refractivity (Wildman–Crippen MR) is 41.6 cm³/mol. The van der Waals surface area contributed by atoms with Crippen molar-refractivity contribution in [2.45, 2.75) is 6.42 Å². The molecule has 11 heavy (non-hydrogen) atoms. The lowest BCUT2D eigenvalue weighted by Crippen LogP contribution is -2.07. The third-order valence-electron chi connectivity index (χ3n) is 1.88. The quantitative estimate of drug-likeness (QED) is 0.527. The zero-order chi connectivity index (χ0) is 7.84. The summed E-state index contributed by atoms with van der Waals surface area (Å²) in [5.41, 5.74) is 1.53. The van der Waals surface area contributed by atoms with Gasteiger partial charge in [0, 0.05) is 12.0 Å². The van der Waals surface area contributed by atoms with Crippen LogP contribution in [0.5, 0.6) is 0 Å². The highest BCUT2D eigenvalue weighted by Crippen LogP contribution is 2.17. The molecule has 0 spiro atoms. The molecule has 2 heteroatoms. The van der Waals surface area contributed by atoms with Gasteiger partial charge in [-0.15, -0.1) is 0 Å². The van der Waals surface area contributed by atoms with Crippen molar-refractivity contribution < 1.29 is 4.79 Å². The van der Waals surface area contributed by atoms with Crippen molar-refractivity contribution in [2.24, 2.45) is 0 Å². The normalized spacial score (nSPS) is 15.3. The zero-order valence-electron chi connectivity index (χ0n) is 5.87. The van der Waals surface area contributed by atoms with Gasteiger partial charge in [0.1, 0.15) is 5.71 Å². The molecule has 1 aliphatic rings. The molecule has 0 aromatic heterocycles. The molecule has 2 nitrogen and oxygen atoms in total. The van der Waals surface area contributed by atoms with Gasteiger partial charge in [-0.1, -0.05) is 24.3 Å². The number of fused-ring (bicyclic) bond motifs is 1. The topological polar surface area (TPSA) is 39.4 Å². The van der Waals surface area contributed by atoms with Crippen LogP contribution in [0.4, 0.5) is 0 Å². The monoisotopic (exact) mass is 144 g/mol. The molecule has 0 atom stereocenters. The van der Waals surface area contributed by atoms with E-state index in [0.29, 0.717) is 12.0 Å². The summed E-state index contributed by atoms with van der Waals surface area (Å²) in [7, 11) is 0. The first-order valence-corrected chi connectivity index (χ1v) is 3.46. The lowest BCUT2D eigenvalue weighted by molar-refractivity contribution is 0.106. The van der Waals surface area contributed by atoms with Crippen LogP contribution in [0.25, 0.3) is 0 Å². The minimum absolute atomic E-state index is 0.0359. The smallest absolute Gasteiger partial charge is 0.209 e. The van der Waals surface area contributed by atoms with E-state index < -0.39 is 0 Å². The van der Waals surface area contributed by atoms with Crippen LogP contribution < -0.4 is 5.41 Å². The van der Waals surface area contributed by atoms with Crippen LogP contribution in [0, 0.1) is 0 Å². The van der Waals surface area contributed by atoms with Crippen LogP contribution in [-0.2, 0) is 6.42 Å². The lowest BCUT2D eigenvalue weighted by Gasteiger charge is -1.91.